The highest BCUT2D eigenvalue weighted by atomic mass is 127. The maximum Gasteiger partial charge on any atom is 0.256 e. The van der Waals surface area contributed by atoms with E-state index in [2.05, 4.69) is 53.8 Å². The highest BCUT2D eigenvalue weighted by Crippen LogP contribution is 2.26. The minimum atomic E-state index is -0.173. The van der Waals surface area contributed by atoms with Crippen LogP contribution in [-0.4, -0.2) is 15.9 Å². The molecular weight excluding hydrogens is 509 g/mol. The van der Waals surface area contributed by atoms with Crippen molar-refractivity contribution in [3.05, 3.63) is 74.5 Å². The molecule has 0 saturated carbocycles. The van der Waals surface area contributed by atoms with Crippen LogP contribution in [0.5, 0.6) is 0 Å². The van der Waals surface area contributed by atoms with E-state index in [-0.39, 0.29) is 5.91 Å². The van der Waals surface area contributed by atoms with E-state index in [1.807, 2.05) is 24.3 Å². The van der Waals surface area contributed by atoms with Crippen LogP contribution >= 0.6 is 38.5 Å². The number of pyridine rings is 1. The predicted octanol–water partition coefficient (Wildman–Crippen LogP) is 5.51. The van der Waals surface area contributed by atoms with E-state index in [1.54, 1.807) is 36.7 Å². The molecule has 1 amide bonds. The van der Waals surface area contributed by atoms with Crippen LogP contribution in [0.2, 0.25) is 0 Å². The molecule has 2 aromatic carbocycles. The standard InChI is InChI=1S/C19H11BrIN3O2/c20-12-1-3-15(21)14(9-12)18(25)23-13-2-4-17-16(10-13)24-19(26-17)11-5-7-22-8-6-11/h1-10H,(H,23,25). The van der Waals surface area contributed by atoms with Gasteiger partial charge >= 0.3 is 0 Å². The molecule has 0 fully saturated rings. The minimum Gasteiger partial charge on any atom is -0.436 e. The quantitative estimate of drug-likeness (QED) is 0.362. The second kappa shape index (κ2) is 7.16. The molecule has 0 spiro atoms. The molecule has 0 radical (unpaired) electrons. The van der Waals surface area contributed by atoms with Crippen molar-refractivity contribution in [2.45, 2.75) is 0 Å². The largest absolute Gasteiger partial charge is 0.436 e. The Kier molecular flexibility index (Phi) is 4.73. The summed E-state index contributed by atoms with van der Waals surface area (Å²) in [7, 11) is 0. The Hall–Kier alpha value is -2.26. The van der Waals surface area contributed by atoms with Crippen LogP contribution in [0, 0.1) is 3.57 Å². The highest BCUT2D eigenvalue weighted by Gasteiger charge is 2.13. The van der Waals surface area contributed by atoms with Gasteiger partial charge in [0, 0.05) is 31.7 Å². The van der Waals surface area contributed by atoms with E-state index >= 15 is 0 Å². The Morgan fingerprint density at radius 2 is 1.88 bits per heavy atom. The van der Waals surface area contributed by atoms with Gasteiger partial charge in [-0.2, -0.15) is 0 Å². The van der Waals surface area contributed by atoms with Crippen LogP contribution < -0.4 is 5.32 Å². The van der Waals surface area contributed by atoms with Crippen molar-refractivity contribution in [3.63, 3.8) is 0 Å². The SMILES string of the molecule is O=C(Nc1ccc2oc(-c3ccncc3)nc2c1)c1cc(Br)ccc1I. The normalized spacial score (nSPS) is 10.8. The molecule has 4 rings (SSSR count). The summed E-state index contributed by atoms with van der Waals surface area (Å²) in [6.07, 6.45) is 3.38. The molecule has 5 nitrogen and oxygen atoms in total. The van der Waals surface area contributed by atoms with Gasteiger partial charge in [-0.15, -0.1) is 0 Å². The smallest absolute Gasteiger partial charge is 0.256 e. The fourth-order valence-corrected chi connectivity index (χ4v) is 3.43. The zero-order valence-electron chi connectivity index (χ0n) is 13.2. The predicted molar refractivity (Wildman–Crippen MR) is 112 cm³/mol. The lowest BCUT2D eigenvalue weighted by Gasteiger charge is -2.07. The molecule has 2 aromatic heterocycles. The summed E-state index contributed by atoms with van der Waals surface area (Å²) in [4.78, 5) is 21.1. The van der Waals surface area contributed by atoms with E-state index in [1.165, 1.54) is 0 Å². The average molecular weight is 520 g/mol. The molecule has 0 unspecified atom stereocenters. The second-order valence-electron chi connectivity index (χ2n) is 5.52. The number of anilines is 1. The molecule has 1 N–H and O–H groups in total. The van der Waals surface area contributed by atoms with E-state index in [9.17, 15) is 4.79 Å². The number of benzene rings is 2. The maximum absolute atomic E-state index is 12.6. The van der Waals surface area contributed by atoms with Gasteiger partial charge in [-0.1, -0.05) is 15.9 Å². The van der Waals surface area contributed by atoms with Gasteiger partial charge < -0.3 is 9.73 Å². The van der Waals surface area contributed by atoms with Crippen molar-refractivity contribution in [3.8, 4) is 11.5 Å². The van der Waals surface area contributed by atoms with Crippen LogP contribution in [0.25, 0.3) is 22.6 Å². The van der Waals surface area contributed by atoms with Crippen LogP contribution in [0.15, 0.2) is 69.8 Å². The number of rotatable bonds is 3. The fraction of sp³-hybridized carbons (Fsp3) is 0. The Morgan fingerprint density at radius 1 is 1.08 bits per heavy atom. The third-order valence-electron chi connectivity index (χ3n) is 3.75. The number of aromatic nitrogens is 2. The summed E-state index contributed by atoms with van der Waals surface area (Å²) < 4.78 is 7.51. The highest BCUT2D eigenvalue weighted by molar-refractivity contribution is 14.1. The number of hydrogen-bond acceptors (Lipinski definition) is 4. The fourth-order valence-electron chi connectivity index (χ4n) is 2.49. The lowest BCUT2D eigenvalue weighted by molar-refractivity contribution is 0.102. The number of carbonyl (C=O) groups excluding carboxylic acids is 1. The molecule has 0 saturated heterocycles. The summed E-state index contributed by atoms with van der Waals surface area (Å²) in [5, 5.41) is 2.91. The van der Waals surface area contributed by atoms with Crippen molar-refractivity contribution < 1.29 is 9.21 Å². The number of amides is 1. The lowest BCUT2D eigenvalue weighted by Crippen LogP contribution is -2.13. The number of fused-ring (bicyclic) bond motifs is 1. The number of carbonyl (C=O) groups is 1. The molecule has 26 heavy (non-hydrogen) atoms. The number of halogens is 2. The summed E-state index contributed by atoms with van der Waals surface area (Å²) >= 11 is 5.54. The van der Waals surface area contributed by atoms with Gasteiger partial charge in [0.05, 0.1) is 5.56 Å². The molecule has 0 aliphatic heterocycles. The zero-order valence-corrected chi connectivity index (χ0v) is 17.0. The summed E-state index contributed by atoms with van der Waals surface area (Å²) in [5.41, 5.74) is 3.46. The van der Waals surface area contributed by atoms with Crippen LogP contribution in [0.4, 0.5) is 5.69 Å². The monoisotopic (exact) mass is 519 g/mol. The summed E-state index contributed by atoms with van der Waals surface area (Å²) in [5.74, 6) is 0.348. The van der Waals surface area contributed by atoms with Gasteiger partial charge in [-0.25, -0.2) is 4.98 Å². The van der Waals surface area contributed by atoms with Crippen LogP contribution in [-0.2, 0) is 0 Å². The maximum atomic E-state index is 12.6. The van der Waals surface area contributed by atoms with E-state index in [0.29, 0.717) is 28.2 Å². The molecule has 128 valence electrons. The summed E-state index contributed by atoms with van der Waals surface area (Å²) in [6, 6.07) is 14.7. The molecule has 0 atom stereocenters. The first-order valence-corrected chi connectivity index (χ1v) is 9.55. The minimum absolute atomic E-state index is 0.173. The van der Waals surface area contributed by atoms with Crippen LogP contribution in [0.1, 0.15) is 10.4 Å². The van der Waals surface area contributed by atoms with Crippen molar-refractivity contribution in [2.24, 2.45) is 0 Å². The number of oxazole rings is 1. The Labute approximate surface area is 171 Å². The van der Waals surface area contributed by atoms with Crippen molar-refractivity contribution in [1.29, 1.82) is 0 Å². The molecule has 7 heteroatoms. The van der Waals surface area contributed by atoms with E-state index < -0.39 is 0 Å². The first kappa shape index (κ1) is 17.2. The summed E-state index contributed by atoms with van der Waals surface area (Å²) in [6.45, 7) is 0. The zero-order chi connectivity index (χ0) is 18.1. The van der Waals surface area contributed by atoms with Crippen molar-refractivity contribution >= 4 is 61.2 Å². The van der Waals surface area contributed by atoms with Crippen molar-refractivity contribution in [2.75, 3.05) is 5.32 Å². The van der Waals surface area contributed by atoms with E-state index in [0.717, 1.165) is 13.6 Å². The number of nitrogens with one attached hydrogen (secondary N) is 1. The Bertz CT molecular complexity index is 1110. The van der Waals surface area contributed by atoms with Gasteiger partial charge in [0.1, 0.15) is 5.52 Å². The first-order chi connectivity index (χ1) is 12.6. The van der Waals surface area contributed by atoms with Crippen LogP contribution in [0.3, 0.4) is 0 Å². The first-order valence-electron chi connectivity index (χ1n) is 7.67. The molecule has 4 aromatic rings. The third kappa shape index (κ3) is 3.49. The van der Waals surface area contributed by atoms with Gasteiger partial charge in [0.25, 0.3) is 5.91 Å². The number of nitrogens with zero attached hydrogens (tertiary/aromatic N) is 2. The third-order valence-corrected chi connectivity index (χ3v) is 5.18. The topological polar surface area (TPSA) is 68.0 Å². The van der Waals surface area contributed by atoms with Gasteiger partial charge in [0.2, 0.25) is 5.89 Å². The molecule has 0 aliphatic carbocycles. The molecule has 2 heterocycles. The van der Waals surface area contributed by atoms with Gasteiger partial charge in [0.15, 0.2) is 5.58 Å². The molecule has 0 bridgehead atoms. The van der Waals surface area contributed by atoms with Crippen molar-refractivity contribution in [1.82, 2.24) is 9.97 Å². The number of hydrogen-bond donors (Lipinski definition) is 1. The molecular formula is C19H11BrIN3O2. The Balaban J connectivity index is 1.63. The molecule has 0 aliphatic rings. The second-order valence-corrected chi connectivity index (χ2v) is 7.59. The average Bonchev–Trinajstić information content (AvgIpc) is 3.08. The lowest BCUT2D eigenvalue weighted by atomic mass is 10.2. The van der Waals surface area contributed by atoms with Gasteiger partial charge in [-0.05, 0) is 71.1 Å². The Morgan fingerprint density at radius 3 is 2.69 bits per heavy atom. The van der Waals surface area contributed by atoms with E-state index in [4.69, 9.17) is 4.42 Å². The van der Waals surface area contributed by atoms with Gasteiger partial charge in [-0.3, -0.25) is 9.78 Å².